The molecular formula is C11H19N3O2. The predicted molar refractivity (Wildman–Crippen MR) is 61.0 cm³/mol. The van der Waals surface area contributed by atoms with Gasteiger partial charge < -0.3 is 10.4 Å². The van der Waals surface area contributed by atoms with Crippen molar-refractivity contribution in [3.63, 3.8) is 0 Å². The average molecular weight is 225 g/mol. The molecule has 1 rings (SSSR count). The SMILES string of the molecule is CC(C)(C)C(CCO)NC(=O)c1ccn[nH]1. The molecule has 0 aliphatic rings. The van der Waals surface area contributed by atoms with Gasteiger partial charge in [0.05, 0.1) is 0 Å². The van der Waals surface area contributed by atoms with Crippen molar-refractivity contribution in [1.82, 2.24) is 15.5 Å². The summed E-state index contributed by atoms with van der Waals surface area (Å²) in [5, 5.41) is 18.2. The highest BCUT2D eigenvalue weighted by Gasteiger charge is 2.26. The monoisotopic (exact) mass is 225 g/mol. The fourth-order valence-electron chi connectivity index (χ4n) is 1.47. The Hall–Kier alpha value is -1.36. The summed E-state index contributed by atoms with van der Waals surface area (Å²) in [4.78, 5) is 11.8. The molecular weight excluding hydrogens is 206 g/mol. The van der Waals surface area contributed by atoms with Gasteiger partial charge in [-0.1, -0.05) is 20.8 Å². The molecule has 0 spiro atoms. The zero-order valence-corrected chi connectivity index (χ0v) is 9.95. The van der Waals surface area contributed by atoms with E-state index in [0.29, 0.717) is 12.1 Å². The number of nitrogens with one attached hydrogen (secondary N) is 2. The van der Waals surface area contributed by atoms with Crippen LogP contribution in [0.4, 0.5) is 0 Å². The molecule has 0 aromatic carbocycles. The van der Waals surface area contributed by atoms with Crippen molar-refractivity contribution in [2.24, 2.45) is 5.41 Å². The average Bonchev–Trinajstić information content (AvgIpc) is 2.68. The number of carbonyl (C=O) groups is 1. The van der Waals surface area contributed by atoms with Crippen LogP contribution in [-0.4, -0.2) is 33.9 Å². The number of aliphatic hydroxyl groups excluding tert-OH is 1. The first-order valence-corrected chi connectivity index (χ1v) is 5.36. The molecule has 0 saturated heterocycles. The van der Waals surface area contributed by atoms with E-state index in [2.05, 4.69) is 15.5 Å². The molecule has 1 heterocycles. The van der Waals surface area contributed by atoms with Gasteiger partial charge >= 0.3 is 0 Å². The summed E-state index contributed by atoms with van der Waals surface area (Å²) in [5.74, 6) is -0.189. The molecule has 0 fully saturated rings. The number of aromatic nitrogens is 2. The quantitative estimate of drug-likeness (QED) is 0.713. The zero-order chi connectivity index (χ0) is 12.2. The minimum absolute atomic E-state index is 0.0607. The van der Waals surface area contributed by atoms with E-state index in [0.717, 1.165) is 0 Å². The van der Waals surface area contributed by atoms with Gasteiger partial charge in [0.2, 0.25) is 0 Å². The second-order valence-corrected chi connectivity index (χ2v) is 4.87. The molecule has 1 aromatic heterocycles. The van der Waals surface area contributed by atoms with Crippen molar-refractivity contribution in [3.8, 4) is 0 Å². The van der Waals surface area contributed by atoms with Crippen molar-refractivity contribution < 1.29 is 9.90 Å². The van der Waals surface area contributed by atoms with E-state index in [9.17, 15) is 4.79 Å². The smallest absolute Gasteiger partial charge is 0.269 e. The van der Waals surface area contributed by atoms with Crippen LogP contribution in [0.2, 0.25) is 0 Å². The Bertz CT molecular complexity index is 327. The van der Waals surface area contributed by atoms with Gasteiger partial charge in [0.15, 0.2) is 0 Å². The Morgan fingerprint density at radius 3 is 2.75 bits per heavy atom. The minimum Gasteiger partial charge on any atom is -0.396 e. The molecule has 1 aromatic rings. The summed E-state index contributed by atoms with van der Waals surface area (Å²) in [6, 6.07) is 1.56. The maximum absolute atomic E-state index is 11.8. The number of hydrogen-bond donors (Lipinski definition) is 3. The van der Waals surface area contributed by atoms with Crippen molar-refractivity contribution >= 4 is 5.91 Å². The van der Waals surface area contributed by atoms with Crippen LogP contribution >= 0.6 is 0 Å². The van der Waals surface area contributed by atoms with Crippen LogP contribution in [0.15, 0.2) is 12.3 Å². The van der Waals surface area contributed by atoms with Crippen LogP contribution in [0.3, 0.4) is 0 Å². The van der Waals surface area contributed by atoms with Gasteiger partial charge in [-0.05, 0) is 17.9 Å². The van der Waals surface area contributed by atoms with E-state index >= 15 is 0 Å². The summed E-state index contributed by atoms with van der Waals surface area (Å²) < 4.78 is 0. The van der Waals surface area contributed by atoms with Crippen molar-refractivity contribution in [2.75, 3.05) is 6.61 Å². The summed E-state index contributed by atoms with van der Waals surface area (Å²) in [5.41, 5.74) is 0.352. The number of H-pyrrole nitrogens is 1. The Balaban J connectivity index is 2.66. The topological polar surface area (TPSA) is 78.0 Å². The van der Waals surface area contributed by atoms with Crippen LogP contribution in [0.5, 0.6) is 0 Å². The summed E-state index contributed by atoms with van der Waals surface area (Å²) in [6.45, 7) is 6.15. The largest absolute Gasteiger partial charge is 0.396 e. The normalized spacial score (nSPS) is 13.5. The zero-order valence-electron chi connectivity index (χ0n) is 9.95. The number of carbonyl (C=O) groups excluding carboxylic acids is 1. The first-order chi connectivity index (χ1) is 7.45. The van der Waals surface area contributed by atoms with E-state index < -0.39 is 0 Å². The predicted octanol–water partition coefficient (Wildman–Crippen LogP) is 0.937. The number of amides is 1. The molecule has 0 aliphatic carbocycles. The molecule has 0 saturated carbocycles. The van der Waals surface area contributed by atoms with Gasteiger partial charge in [-0.2, -0.15) is 5.10 Å². The molecule has 1 unspecified atom stereocenters. The molecule has 1 amide bonds. The lowest BCUT2D eigenvalue weighted by molar-refractivity contribution is 0.0880. The van der Waals surface area contributed by atoms with Crippen molar-refractivity contribution in [2.45, 2.75) is 33.2 Å². The van der Waals surface area contributed by atoms with Crippen molar-refractivity contribution in [3.05, 3.63) is 18.0 Å². The van der Waals surface area contributed by atoms with Gasteiger partial charge in [0.25, 0.3) is 5.91 Å². The van der Waals surface area contributed by atoms with Gasteiger partial charge in [0.1, 0.15) is 5.69 Å². The number of aliphatic hydroxyl groups is 1. The number of hydrogen-bond acceptors (Lipinski definition) is 3. The van der Waals surface area contributed by atoms with Crippen LogP contribution < -0.4 is 5.32 Å². The van der Waals surface area contributed by atoms with Crippen LogP contribution in [0, 0.1) is 5.41 Å². The molecule has 5 heteroatoms. The van der Waals surface area contributed by atoms with Crippen LogP contribution in [0.1, 0.15) is 37.7 Å². The first-order valence-electron chi connectivity index (χ1n) is 5.36. The van der Waals surface area contributed by atoms with Gasteiger partial charge in [0, 0.05) is 18.8 Å². The Labute approximate surface area is 95.3 Å². The highest BCUT2D eigenvalue weighted by atomic mass is 16.3. The van der Waals surface area contributed by atoms with E-state index in [1.165, 1.54) is 6.20 Å². The number of rotatable bonds is 4. The molecule has 0 radical (unpaired) electrons. The van der Waals surface area contributed by atoms with E-state index in [-0.39, 0.29) is 24.0 Å². The van der Waals surface area contributed by atoms with E-state index in [4.69, 9.17) is 5.11 Å². The van der Waals surface area contributed by atoms with Gasteiger partial charge in [-0.15, -0.1) is 0 Å². The lowest BCUT2D eigenvalue weighted by Crippen LogP contribution is -2.44. The molecule has 0 bridgehead atoms. The minimum atomic E-state index is -0.189. The number of aromatic amines is 1. The Morgan fingerprint density at radius 1 is 1.62 bits per heavy atom. The van der Waals surface area contributed by atoms with Crippen molar-refractivity contribution in [1.29, 1.82) is 0 Å². The highest BCUT2D eigenvalue weighted by molar-refractivity contribution is 5.92. The Morgan fingerprint density at radius 2 is 2.31 bits per heavy atom. The van der Waals surface area contributed by atoms with Crippen LogP contribution in [0.25, 0.3) is 0 Å². The van der Waals surface area contributed by atoms with E-state index in [1.807, 2.05) is 20.8 Å². The molecule has 5 nitrogen and oxygen atoms in total. The third-order valence-electron chi connectivity index (χ3n) is 2.51. The molecule has 3 N–H and O–H groups in total. The van der Waals surface area contributed by atoms with Gasteiger partial charge in [-0.25, -0.2) is 0 Å². The third-order valence-corrected chi connectivity index (χ3v) is 2.51. The van der Waals surface area contributed by atoms with Crippen LogP contribution in [-0.2, 0) is 0 Å². The number of nitrogens with zero attached hydrogens (tertiary/aromatic N) is 1. The fourth-order valence-corrected chi connectivity index (χ4v) is 1.47. The fraction of sp³-hybridized carbons (Fsp3) is 0.636. The second kappa shape index (κ2) is 5.12. The first kappa shape index (κ1) is 12.7. The van der Waals surface area contributed by atoms with E-state index in [1.54, 1.807) is 6.07 Å². The summed E-state index contributed by atoms with van der Waals surface area (Å²) >= 11 is 0. The molecule has 1 atom stereocenters. The molecule has 90 valence electrons. The third kappa shape index (κ3) is 3.34. The molecule has 0 aliphatic heterocycles. The molecule has 16 heavy (non-hydrogen) atoms. The summed E-state index contributed by atoms with van der Waals surface area (Å²) in [6.07, 6.45) is 2.08. The maximum Gasteiger partial charge on any atom is 0.269 e. The second-order valence-electron chi connectivity index (χ2n) is 4.87. The lowest BCUT2D eigenvalue weighted by atomic mass is 9.85. The summed E-state index contributed by atoms with van der Waals surface area (Å²) in [7, 11) is 0. The highest BCUT2D eigenvalue weighted by Crippen LogP contribution is 2.21. The van der Waals surface area contributed by atoms with Gasteiger partial charge in [-0.3, -0.25) is 9.89 Å². The maximum atomic E-state index is 11.8. The standard InChI is InChI=1S/C11H19N3O2/c1-11(2,3)9(5-7-15)13-10(16)8-4-6-12-14-8/h4,6,9,15H,5,7H2,1-3H3,(H,12,14)(H,13,16). The Kier molecular flexibility index (Phi) is 4.06. The lowest BCUT2D eigenvalue weighted by Gasteiger charge is -2.30.